The van der Waals surface area contributed by atoms with Gasteiger partial charge in [0.1, 0.15) is 11.8 Å². The van der Waals surface area contributed by atoms with Crippen LogP contribution in [0.25, 0.3) is 11.3 Å². The second-order valence-corrected chi connectivity index (χ2v) is 6.95. The Morgan fingerprint density at radius 3 is 2.77 bits per heavy atom. The van der Waals surface area contributed by atoms with Crippen molar-refractivity contribution in [3.63, 3.8) is 0 Å². The number of rotatable bonds is 5. The number of nitrogens with one attached hydrogen (secondary N) is 2. The van der Waals surface area contributed by atoms with Gasteiger partial charge in [0.15, 0.2) is 5.13 Å². The molecule has 2 aromatic rings. The van der Waals surface area contributed by atoms with E-state index in [0.717, 1.165) is 28.3 Å². The number of methoxy groups -OCH3 is 1. The van der Waals surface area contributed by atoms with Gasteiger partial charge in [-0.1, -0.05) is 6.92 Å². The Balaban J connectivity index is 0.00000243. The van der Waals surface area contributed by atoms with E-state index in [9.17, 15) is 4.79 Å². The summed E-state index contributed by atoms with van der Waals surface area (Å²) in [6.45, 7) is 5.30. The Morgan fingerprint density at radius 2 is 2.15 bits per heavy atom. The molecule has 0 unspecified atom stereocenters. The van der Waals surface area contributed by atoms with Crippen molar-refractivity contribution in [1.82, 2.24) is 10.3 Å². The maximum absolute atomic E-state index is 12.5. The number of aryl methyl sites for hydroxylation is 1. The summed E-state index contributed by atoms with van der Waals surface area (Å²) in [5, 5.41) is 6.74. The number of morpholine rings is 1. The van der Waals surface area contributed by atoms with Crippen molar-refractivity contribution in [2.75, 3.05) is 25.6 Å². The van der Waals surface area contributed by atoms with E-state index >= 15 is 0 Å². The summed E-state index contributed by atoms with van der Waals surface area (Å²) >= 11 is 1.51. The fourth-order valence-corrected chi connectivity index (χ4v) is 3.76. The maximum Gasteiger partial charge on any atom is 0.245 e. The normalized spacial score (nSPS) is 19.5. The van der Waals surface area contributed by atoms with Crippen molar-refractivity contribution in [2.45, 2.75) is 32.4 Å². The second kappa shape index (κ2) is 9.32. The van der Waals surface area contributed by atoms with Gasteiger partial charge in [-0.05, 0) is 37.6 Å². The van der Waals surface area contributed by atoms with Gasteiger partial charge >= 0.3 is 0 Å². The van der Waals surface area contributed by atoms with Gasteiger partial charge < -0.3 is 20.1 Å². The Labute approximate surface area is 163 Å². The van der Waals surface area contributed by atoms with Crippen LogP contribution in [0, 0.1) is 0 Å². The lowest BCUT2D eigenvalue weighted by atomic mass is 10.1. The molecule has 0 spiro atoms. The third-order valence-corrected chi connectivity index (χ3v) is 5.33. The summed E-state index contributed by atoms with van der Waals surface area (Å²) in [7, 11) is 1.65. The summed E-state index contributed by atoms with van der Waals surface area (Å²) in [6, 6.07) is 7.44. The molecule has 1 fully saturated rings. The Kier molecular flexibility index (Phi) is 7.40. The van der Waals surface area contributed by atoms with E-state index in [4.69, 9.17) is 9.47 Å². The Morgan fingerprint density at radius 1 is 1.42 bits per heavy atom. The molecule has 0 radical (unpaired) electrons. The van der Waals surface area contributed by atoms with Gasteiger partial charge in [-0.25, -0.2) is 4.98 Å². The highest BCUT2D eigenvalue weighted by atomic mass is 35.5. The SMILES string of the molecule is CCc1sc(NC(=O)[C@H]2NCCO[C@@H]2C)nc1-c1ccc(OC)cc1.Cl. The number of nitrogens with zero attached hydrogens (tertiary/aromatic N) is 1. The first-order valence-electron chi connectivity index (χ1n) is 8.42. The zero-order chi connectivity index (χ0) is 17.8. The topological polar surface area (TPSA) is 72.5 Å². The zero-order valence-corrected chi connectivity index (χ0v) is 16.7. The molecule has 1 aromatic heterocycles. The fraction of sp³-hybridized carbons (Fsp3) is 0.444. The average molecular weight is 398 g/mol. The number of anilines is 1. The lowest BCUT2D eigenvalue weighted by Gasteiger charge is -2.28. The van der Waals surface area contributed by atoms with Crippen molar-refractivity contribution in [2.24, 2.45) is 0 Å². The molecule has 26 heavy (non-hydrogen) atoms. The molecule has 2 atom stereocenters. The van der Waals surface area contributed by atoms with Gasteiger partial charge in [0.05, 0.1) is 25.5 Å². The molecule has 1 aliphatic heterocycles. The molecule has 1 aromatic carbocycles. The van der Waals surface area contributed by atoms with E-state index in [-0.39, 0.29) is 30.5 Å². The van der Waals surface area contributed by atoms with E-state index in [1.54, 1.807) is 7.11 Å². The molecule has 0 bridgehead atoms. The second-order valence-electron chi connectivity index (χ2n) is 5.87. The van der Waals surface area contributed by atoms with Crippen molar-refractivity contribution in [1.29, 1.82) is 0 Å². The van der Waals surface area contributed by atoms with Crippen molar-refractivity contribution < 1.29 is 14.3 Å². The number of ether oxygens (including phenoxy) is 2. The molecule has 2 heterocycles. The van der Waals surface area contributed by atoms with Gasteiger partial charge in [0, 0.05) is 17.0 Å². The number of hydrogen-bond acceptors (Lipinski definition) is 6. The van der Waals surface area contributed by atoms with Gasteiger partial charge in [0.2, 0.25) is 5.91 Å². The first-order chi connectivity index (χ1) is 12.1. The predicted molar refractivity (Wildman–Crippen MR) is 107 cm³/mol. The van der Waals surface area contributed by atoms with Crippen LogP contribution in [0.1, 0.15) is 18.7 Å². The summed E-state index contributed by atoms with van der Waals surface area (Å²) in [4.78, 5) is 18.3. The van der Waals surface area contributed by atoms with E-state index in [2.05, 4.69) is 22.5 Å². The van der Waals surface area contributed by atoms with Crippen LogP contribution in [0.15, 0.2) is 24.3 Å². The molecule has 142 valence electrons. The Bertz CT molecular complexity index is 736. The molecule has 1 amide bonds. The summed E-state index contributed by atoms with van der Waals surface area (Å²) in [5.74, 6) is 0.702. The van der Waals surface area contributed by atoms with Crippen molar-refractivity contribution in [3.8, 4) is 17.0 Å². The molecular formula is C18H24ClN3O3S. The Hall–Kier alpha value is -1.67. The van der Waals surface area contributed by atoms with Crippen LogP contribution in [-0.4, -0.2) is 43.3 Å². The minimum atomic E-state index is -0.354. The van der Waals surface area contributed by atoms with Gasteiger partial charge in [-0.15, -0.1) is 23.7 Å². The van der Waals surface area contributed by atoms with Crippen molar-refractivity contribution in [3.05, 3.63) is 29.1 Å². The molecule has 6 nitrogen and oxygen atoms in total. The third kappa shape index (κ3) is 4.54. The summed E-state index contributed by atoms with van der Waals surface area (Å²) in [6.07, 6.45) is 0.705. The van der Waals surface area contributed by atoms with E-state index < -0.39 is 0 Å². The standard InChI is InChI=1S/C18H23N3O3S.ClH/c1-4-14-16(12-5-7-13(23-3)8-6-12)20-18(25-14)21-17(22)15-11(2)24-10-9-19-15;/h5-8,11,15,19H,4,9-10H2,1-3H3,(H,20,21,22);1H/t11-,15+;/m1./s1. The number of carbonyl (C=O) groups excluding carboxylic acids is 1. The first kappa shape index (κ1) is 20.6. The largest absolute Gasteiger partial charge is 0.497 e. The molecule has 0 aliphatic carbocycles. The summed E-state index contributed by atoms with van der Waals surface area (Å²) in [5.41, 5.74) is 1.92. The van der Waals surface area contributed by atoms with Gasteiger partial charge in [-0.2, -0.15) is 0 Å². The van der Waals surface area contributed by atoms with Crippen LogP contribution in [0.3, 0.4) is 0 Å². The van der Waals surface area contributed by atoms with Crippen LogP contribution < -0.4 is 15.4 Å². The maximum atomic E-state index is 12.5. The number of amides is 1. The van der Waals surface area contributed by atoms with Crippen LogP contribution >= 0.6 is 23.7 Å². The van der Waals surface area contributed by atoms with Gasteiger partial charge in [0.25, 0.3) is 0 Å². The van der Waals surface area contributed by atoms with Crippen LogP contribution in [0.5, 0.6) is 5.75 Å². The monoisotopic (exact) mass is 397 g/mol. The lowest BCUT2D eigenvalue weighted by molar-refractivity contribution is -0.123. The molecule has 1 aliphatic rings. The first-order valence-corrected chi connectivity index (χ1v) is 9.24. The molecule has 0 saturated carbocycles. The number of thiazole rings is 1. The number of halogens is 1. The zero-order valence-electron chi connectivity index (χ0n) is 15.1. The number of carbonyl (C=O) groups is 1. The number of benzene rings is 1. The summed E-state index contributed by atoms with van der Waals surface area (Å²) < 4.78 is 10.7. The fourth-order valence-electron chi connectivity index (χ4n) is 2.83. The molecule has 3 rings (SSSR count). The van der Waals surface area contributed by atoms with Crippen LogP contribution in [0.2, 0.25) is 0 Å². The van der Waals surface area contributed by atoms with E-state index in [0.29, 0.717) is 18.3 Å². The predicted octanol–water partition coefficient (Wildman–Crippen LogP) is 3.12. The molecular weight excluding hydrogens is 374 g/mol. The lowest BCUT2D eigenvalue weighted by Crippen LogP contribution is -2.53. The highest BCUT2D eigenvalue weighted by molar-refractivity contribution is 7.16. The van der Waals surface area contributed by atoms with Crippen molar-refractivity contribution >= 4 is 34.8 Å². The molecule has 8 heteroatoms. The van der Waals surface area contributed by atoms with Gasteiger partial charge in [-0.3, -0.25) is 4.79 Å². The quantitative estimate of drug-likeness (QED) is 0.811. The average Bonchev–Trinajstić information content (AvgIpc) is 3.05. The molecule has 2 N–H and O–H groups in total. The smallest absolute Gasteiger partial charge is 0.245 e. The van der Waals surface area contributed by atoms with E-state index in [1.807, 2.05) is 31.2 Å². The van der Waals surface area contributed by atoms with Crippen LogP contribution in [0.4, 0.5) is 5.13 Å². The number of aromatic nitrogens is 1. The third-order valence-electron chi connectivity index (χ3n) is 4.21. The highest BCUT2D eigenvalue weighted by Gasteiger charge is 2.29. The van der Waals surface area contributed by atoms with E-state index in [1.165, 1.54) is 11.3 Å². The minimum Gasteiger partial charge on any atom is -0.497 e. The number of hydrogen-bond donors (Lipinski definition) is 2. The highest BCUT2D eigenvalue weighted by Crippen LogP contribution is 2.32. The van der Waals surface area contributed by atoms with Crippen LogP contribution in [-0.2, 0) is 16.0 Å². The minimum absolute atomic E-state index is 0. The molecule has 1 saturated heterocycles.